The van der Waals surface area contributed by atoms with Crippen molar-refractivity contribution in [1.82, 2.24) is 4.40 Å². The molecule has 3 aromatic rings. The van der Waals surface area contributed by atoms with Gasteiger partial charge in [-0.05, 0) is 55.2 Å². The lowest BCUT2D eigenvalue weighted by molar-refractivity contribution is 0.415. The van der Waals surface area contributed by atoms with E-state index in [9.17, 15) is 0 Å². The zero-order chi connectivity index (χ0) is 15.5. The molecule has 0 fully saturated rings. The average Bonchev–Trinajstić information content (AvgIpc) is 2.91. The Kier molecular flexibility index (Phi) is 4.19. The zero-order valence-corrected chi connectivity index (χ0v) is 13.6. The van der Waals surface area contributed by atoms with Gasteiger partial charge in [0, 0.05) is 17.5 Å². The predicted molar refractivity (Wildman–Crippen MR) is 92.7 cm³/mol. The van der Waals surface area contributed by atoms with Gasteiger partial charge in [0.15, 0.2) is 0 Å². The first-order chi connectivity index (χ1) is 10.7. The van der Waals surface area contributed by atoms with Crippen molar-refractivity contribution in [2.75, 3.05) is 7.11 Å². The molecule has 0 atom stereocenters. The van der Waals surface area contributed by atoms with Crippen LogP contribution in [-0.4, -0.2) is 11.5 Å². The molecule has 0 radical (unpaired) electrons. The summed E-state index contributed by atoms with van der Waals surface area (Å²) in [7, 11) is 1.70. The molecule has 2 heteroatoms. The third-order valence-corrected chi connectivity index (χ3v) is 4.18. The van der Waals surface area contributed by atoms with E-state index < -0.39 is 0 Å². The number of pyridine rings is 1. The number of ether oxygens (including phenoxy) is 1. The summed E-state index contributed by atoms with van der Waals surface area (Å²) in [6.45, 7) is 4.39. The highest BCUT2D eigenvalue weighted by atomic mass is 16.5. The molecule has 0 spiro atoms. The van der Waals surface area contributed by atoms with Crippen molar-refractivity contribution in [2.24, 2.45) is 0 Å². The summed E-state index contributed by atoms with van der Waals surface area (Å²) in [4.78, 5) is 0. The fourth-order valence-corrected chi connectivity index (χ4v) is 2.93. The third-order valence-electron chi connectivity index (χ3n) is 4.18. The number of hydrogen-bond donors (Lipinski definition) is 0. The molecule has 114 valence electrons. The summed E-state index contributed by atoms with van der Waals surface area (Å²) < 4.78 is 7.61. The molecule has 0 aliphatic heterocycles. The van der Waals surface area contributed by atoms with Crippen LogP contribution >= 0.6 is 0 Å². The molecule has 1 aromatic carbocycles. The van der Waals surface area contributed by atoms with Crippen LogP contribution in [0.15, 0.2) is 48.7 Å². The van der Waals surface area contributed by atoms with Crippen LogP contribution in [-0.2, 0) is 6.42 Å². The summed E-state index contributed by atoms with van der Waals surface area (Å²) >= 11 is 0. The van der Waals surface area contributed by atoms with Gasteiger partial charge in [-0.1, -0.05) is 31.5 Å². The van der Waals surface area contributed by atoms with Crippen LogP contribution in [0.1, 0.15) is 31.0 Å². The van der Waals surface area contributed by atoms with E-state index in [1.54, 1.807) is 7.11 Å². The van der Waals surface area contributed by atoms with Crippen molar-refractivity contribution >= 4 is 5.52 Å². The minimum absolute atomic E-state index is 0.898. The number of unbranched alkanes of at least 4 members (excludes halogenated alkanes) is 1. The molecule has 0 bridgehead atoms. The fourth-order valence-electron chi connectivity index (χ4n) is 2.93. The SMILES string of the molecule is CCCCc1cc(-c2ccc(OC)cc2)c2ccc(C)cn12. The van der Waals surface area contributed by atoms with Crippen molar-refractivity contribution in [1.29, 1.82) is 0 Å². The number of nitrogens with zero attached hydrogens (tertiary/aromatic N) is 1. The molecule has 0 N–H and O–H groups in total. The van der Waals surface area contributed by atoms with E-state index in [0.29, 0.717) is 0 Å². The van der Waals surface area contributed by atoms with Crippen molar-refractivity contribution in [3.63, 3.8) is 0 Å². The lowest BCUT2D eigenvalue weighted by Crippen LogP contribution is -1.93. The van der Waals surface area contributed by atoms with Crippen LogP contribution in [0.3, 0.4) is 0 Å². The van der Waals surface area contributed by atoms with E-state index in [4.69, 9.17) is 4.74 Å². The Labute approximate surface area is 132 Å². The summed E-state index contributed by atoms with van der Waals surface area (Å²) in [5, 5.41) is 0. The highest BCUT2D eigenvalue weighted by molar-refractivity contribution is 5.82. The first-order valence-corrected chi connectivity index (χ1v) is 7.98. The second-order valence-electron chi connectivity index (χ2n) is 5.84. The van der Waals surface area contributed by atoms with E-state index in [0.717, 1.165) is 12.2 Å². The Morgan fingerprint density at radius 3 is 2.50 bits per heavy atom. The summed E-state index contributed by atoms with van der Waals surface area (Å²) in [6.07, 6.45) is 5.81. The zero-order valence-electron chi connectivity index (χ0n) is 13.6. The Bertz CT molecular complexity index is 768. The van der Waals surface area contributed by atoms with Gasteiger partial charge in [-0.3, -0.25) is 0 Å². The summed E-state index contributed by atoms with van der Waals surface area (Å²) in [5.74, 6) is 0.898. The first-order valence-electron chi connectivity index (χ1n) is 7.98. The molecule has 0 saturated heterocycles. The third kappa shape index (κ3) is 2.74. The molecular formula is C20H23NO. The van der Waals surface area contributed by atoms with Gasteiger partial charge in [0.05, 0.1) is 12.6 Å². The monoisotopic (exact) mass is 293 g/mol. The largest absolute Gasteiger partial charge is 0.497 e. The Morgan fingerprint density at radius 2 is 1.82 bits per heavy atom. The van der Waals surface area contributed by atoms with Gasteiger partial charge in [-0.2, -0.15) is 0 Å². The Hall–Kier alpha value is -2.22. The number of benzene rings is 1. The number of fused-ring (bicyclic) bond motifs is 1. The fraction of sp³-hybridized carbons (Fsp3) is 0.300. The number of rotatable bonds is 5. The lowest BCUT2D eigenvalue weighted by atomic mass is 10.1. The second-order valence-corrected chi connectivity index (χ2v) is 5.84. The smallest absolute Gasteiger partial charge is 0.118 e. The second kappa shape index (κ2) is 6.27. The minimum atomic E-state index is 0.898. The van der Waals surface area contributed by atoms with Crippen molar-refractivity contribution in [2.45, 2.75) is 33.1 Å². The highest BCUT2D eigenvalue weighted by Crippen LogP contribution is 2.30. The predicted octanol–water partition coefficient (Wildman–Crippen LogP) is 5.27. The molecule has 2 heterocycles. The maximum Gasteiger partial charge on any atom is 0.118 e. The van der Waals surface area contributed by atoms with Crippen LogP contribution in [0.2, 0.25) is 0 Å². The molecule has 2 aromatic heterocycles. The molecular weight excluding hydrogens is 270 g/mol. The molecule has 3 rings (SSSR count). The number of aromatic nitrogens is 1. The van der Waals surface area contributed by atoms with Gasteiger partial charge in [-0.15, -0.1) is 0 Å². The number of hydrogen-bond acceptors (Lipinski definition) is 1. The van der Waals surface area contributed by atoms with Crippen molar-refractivity contribution in [3.8, 4) is 16.9 Å². The van der Waals surface area contributed by atoms with Crippen LogP contribution in [0.5, 0.6) is 5.75 Å². The lowest BCUT2D eigenvalue weighted by Gasteiger charge is -2.05. The van der Waals surface area contributed by atoms with Crippen LogP contribution in [0, 0.1) is 6.92 Å². The first kappa shape index (κ1) is 14.7. The molecule has 0 aliphatic carbocycles. The van der Waals surface area contributed by atoms with Gasteiger partial charge in [-0.25, -0.2) is 0 Å². The summed E-state index contributed by atoms with van der Waals surface area (Å²) in [6, 6.07) is 15.1. The minimum Gasteiger partial charge on any atom is -0.497 e. The summed E-state index contributed by atoms with van der Waals surface area (Å²) in [5.41, 5.74) is 6.51. The van der Waals surface area contributed by atoms with E-state index in [2.05, 4.69) is 54.8 Å². The molecule has 22 heavy (non-hydrogen) atoms. The highest BCUT2D eigenvalue weighted by Gasteiger charge is 2.10. The normalized spacial score (nSPS) is 11.0. The van der Waals surface area contributed by atoms with Crippen LogP contribution < -0.4 is 4.74 Å². The van der Waals surface area contributed by atoms with Gasteiger partial charge < -0.3 is 9.14 Å². The standard InChI is InChI=1S/C20H23NO/c1-4-5-6-17-13-19(16-8-10-18(22-3)11-9-16)20-12-7-15(2)14-21(17)20/h7-14H,4-6H2,1-3H3. The topological polar surface area (TPSA) is 13.6 Å². The Balaban J connectivity index is 2.11. The Morgan fingerprint density at radius 1 is 1.05 bits per heavy atom. The van der Waals surface area contributed by atoms with Crippen molar-refractivity contribution < 1.29 is 4.74 Å². The van der Waals surface area contributed by atoms with Crippen LogP contribution in [0.25, 0.3) is 16.6 Å². The van der Waals surface area contributed by atoms with Gasteiger partial charge in [0.2, 0.25) is 0 Å². The number of aryl methyl sites for hydroxylation is 2. The van der Waals surface area contributed by atoms with E-state index in [1.807, 2.05) is 12.1 Å². The average molecular weight is 293 g/mol. The van der Waals surface area contributed by atoms with E-state index in [1.165, 1.54) is 40.7 Å². The van der Waals surface area contributed by atoms with Crippen molar-refractivity contribution in [3.05, 3.63) is 59.9 Å². The molecule has 0 saturated carbocycles. The maximum absolute atomic E-state index is 5.26. The molecule has 0 unspecified atom stereocenters. The number of methoxy groups -OCH3 is 1. The van der Waals surface area contributed by atoms with Crippen LogP contribution in [0.4, 0.5) is 0 Å². The molecule has 0 aliphatic rings. The van der Waals surface area contributed by atoms with E-state index in [-0.39, 0.29) is 0 Å². The molecule has 2 nitrogen and oxygen atoms in total. The quantitative estimate of drug-likeness (QED) is 0.625. The van der Waals surface area contributed by atoms with Gasteiger partial charge in [0.1, 0.15) is 5.75 Å². The molecule has 0 amide bonds. The van der Waals surface area contributed by atoms with Gasteiger partial charge >= 0.3 is 0 Å². The van der Waals surface area contributed by atoms with E-state index >= 15 is 0 Å². The maximum atomic E-state index is 5.26. The van der Waals surface area contributed by atoms with Gasteiger partial charge in [0.25, 0.3) is 0 Å².